The van der Waals surface area contributed by atoms with E-state index in [-0.39, 0.29) is 11.4 Å². The number of nitrogens with zero attached hydrogens (tertiary/aromatic N) is 1. The summed E-state index contributed by atoms with van der Waals surface area (Å²) in [5, 5.41) is 3.07. The van der Waals surface area contributed by atoms with E-state index in [1.54, 1.807) is 0 Å². The molecule has 2 fully saturated rings. The first-order valence-corrected chi connectivity index (χ1v) is 8.24. The summed E-state index contributed by atoms with van der Waals surface area (Å²) >= 11 is 0. The van der Waals surface area contributed by atoms with Crippen LogP contribution in [0.1, 0.15) is 56.6 Å². The van der Waals surface area contributed by atoms with E-state index < -0.39 is 0 Å². The average molecular weight is 286 g/mol. The van der Waals surface area contributed by atoms with Crippen molar-refractivity contribution in [2.75, 3.05) is 13.1 Å². The fourth-order valence-electron chi connectivity index (χ4n) is 3.79. The molecule has 0 aliphatic carbocycles. The number of nitrogens with one attached hydrogen (secondary N) is 1. The molecule has 3 rings (SSSR count). The van der Waals surface area contributed by atoms with Gasteiger partial charge in [0, 0.05) is 13.1 Å². The maximum Gasteiger partial charge on any atom is 0.240 e. The van der Waals surface area contributed by atoms with Crippen molar-refractivity contribution in [3.8, 4) is 0 Å². The molecular formula is C18H26N2O. The van der Waals surface area contributed by atoms with Gasteiger partial charge in [-0.05, 0) is 49.3 Å². The highest BCUT2D eigenvalue weighted by Crippen LogP contribution is 2.36. The molecule has 0 bridgehead atoms. The zero-order valence-corrected chi connectivity index (χ0v) is 13.2. The lowest BCUT2D eigenvalue weighted by Gasteiger charge is -2.40. The molecule has 2 aliphatic rings. The van der Waals surface area contributed by atoms with Gasteiger partial charge < -0.3 is 5.32 Å². The number of rotatable bonds is 3. The molecule has 0 saturated carbocycles. The molecule has 1 atom stereocenters. The Morgan fingerprint density at radius 3 is 2.57 bits per heavy atom. The molecule has 2 heterocycles. The second-order valence-corrected chi connectivity index (χ2v) is 6.81. The fraction of sp³-hybridized carbons (Fsp3) is 0.611. The van der Waals surface area contributed by atoms with E-state index in [0.29, 0.717) is 5.92 Å². The smallest absolute Gasteiger partial charge is 0.240 e. The molecular weight excluding hydrogens is 260 g/mol. The first-order chi connectivity index (χ1) is 10.1. The summed E-state index contributed by atoms with van der Waals surface area (Å²) in [4.78, 5) is 14.8. The second-order valence-electron chi connectivity index (χ2n) is 6.81. The molecule has 3 heteroatoms. The van der Waals surface area contributed by atoms with Crippen molar-refractivity contribution in [3.05, 3.63) is 35.4 Å². The van der Waals surface area contributed by atoms with Gasteiger partial charge in [-0.25, -0.2) is 0 Å². The van der Waals surface area contributed by atoms with Crippen LogP contribution in [0.15, 0.2) is 24.3 Å². The van der Waals surface area contributed by atoms with E-state index in [4.69, 9.17) is 0 Å². The minimum atomic E-state index is -0.227. The van der Waals surface area contributed by atoms with Gasteiger partial charge in [-0.3, -0.25) is 9.69 Å². The predicted octanol–water partition coefficient (Wildman–Crippen LogP) is 3.05. The number of hydrogen-bond acceptors (Lipinski definition) is 2. The van der Waals surface area contributed by atoms with E-state index in [1.165, 1.54) is 11.1 Å². The molecule has 1 aromatic rings. The van der Waals surface area contributed by atoms with Crippen molar-refractivity contribution < 1.29 is 4.79 Å². The van der Waals surface area contributed by atoms with Crippen molar-refractivity contribution in [1.29, 1.82) is 0 Å². The van der Waals surface area contributed by atoms with E-state index in [2.05, 4.69) is 48.3 Å². The Labute approximate surface area is 127 Å². The van der Waals surface area contributed by atoms with Crippen LogP contribution in [0.4, 0.5) is 0 Å². The lowest BCUT2D eigenvalue weighted by molar-refractivity contribution is -0.134. The van der Waals surface area contributed by atoms with Gasteiger partial charge in [0.2, 0.25) is 5.91 Å². The quantitative estimate of drug-likeness (QED) is 0.926. The summed E-state index contributed by atoms with van der Waals surface area (Å²) in [7, 11) is 0. The predicted molar refractivity (Wildman–Crippen MR) is 85.1 cm³/mol. The highest BCUT2D eigenvalue weighted by atomic mass is 16.2. The van der Waals surface area contributed by atoms with Crippen molar-refractivity contribution in [2.45, 2.75) is 57.5 Å². The van der Waals surface area contributed by atoms with E-state index in [1.807, 2.05) is 0 Å². The molecule has 21 heavy (non-hydrogen) atoms. The normalized spacial score (nSPS) is 26.5. The lowest BCUT2D eigenvalue weighted by Crippen LogP contribution is -2.58. The Morgan fingerprint density at radius 2 is 1.90 bits per heavy atom. The molecule has 1 N–H and O–H groups in total. The Morgan fingerprint density at radius 1 is 1.19 bits per heavy atom. The zero-order chi connectivity index (χ0) is 14.9. The van der Waals surface area contributed by atoms with Crippen LogP contribution in [0.5, 0.6) is 0 Å². The van der Waals surface area contributed by atoms with Crippen LogP contribution in [0, 0.1) is 0 Å². The van der Waals surface area contributed by atoms with Gasteiger partial charge in [-0.15, -0.1) is 0 Å². The van der Waals surface area contributed by atoms with Crippen LogP contribution in [0.25, 0.3) is 0 Å². The number of piperidine rings is 1. The summed E-state index contributed by atoms with van der Waals surface area (Å²) in [6.45, 7) is 7.22. The third kappa shape index (κ3) is 2.71. The molecule has 1 unspecified atom stereocenters. The molecule has 114 valence electrons. The van der Waals surface area contributed by atoms with Crippen LogP contribution < -0.4 is 5.32 Å². The number of carbonyl (C=O) groups excluding carboxylic acids is 1. The summed E-state index contributed by atoms with van der Waals surface area (Å²) in [6.07, 6.45) is 4.28. The molecule has 2 aliphatic heterocycles. The molecule has 0 aromatic heterocycles. The standard InChI is InChI=1S/C18H26N2O/c1-14(2)16-7-5-15(6-8-16)13-20-12-4-10-18(20)9-3-11-19-17(18)21/h5-8,14H,3-4,9-13H2,1-2H3,(H,19,21). The first kappa shape index (κ1) is 14.6. The third-order valence-corrected chi connectivity index (χ3v) is 5.12. The van der Waals surface area contributed by atoms with Crippen LogP contribution >= 0.6 is 0 Å². The molecule has 1 aromatic carbocycles. The average Bonchev–Trinajstić information content (AvgIpc) is 2.87. The van der Waals surface area contributed by atoms with Crippen molar-refractivity contribution >= 4 is 5.91 Å². The number of benzene rings is 1. The van der Waals surface area contributed by atoms with Crippen LogP contribution in [-0.2, 0) is 11.3 Å². The SMILES string of the molecule is CC(C)c1ccc(CN2CCCC23CCCNC3=O)cc1. The monoisotopic (exact) mass is 286 g/mol. The molecule has 0 radical (unpaired) electrons. The summed E-state index contributed by atoms with van der Waals surface area (Å²) in [6, 6.07) is 8.90. The number of likely N-dealkylation sites (tertiary alicyclic amines) is 1. The highest BCUT2D eigenvalue weighted by molar-refractivity contribution is 5.87. The minimum absolute atomic E-state index is 0.227. The van der Waals surface area contributed by atoms with E-state index >= 15 is 0 Å². The molecule has 1 spiro atoms. The van der Waals surface area contributed by atoms with Gasteiger partial charge in [0.1, 0.15) is 5.54 Å². The van der Waals surface area contributed by atoms with Crippen LogP contribution in [-0.4, -0.2) is 29.4 Å². The van der Waals surface area contributed by atoms with Crippen LogP contribution in [0.2, 0.25) is 0 Å². The number of hydrogen-bond donors (Lipinski definition) is 1. The van der Waals surface area contributed by atoms with E-state index in [9.17, 15) is 4.79 Å². The fourth-order valence-corrected chi connectivity index (χ4v) is 3.79. The Kier molecular flexibility index (Phi) is 4.03. The molecule has 3 nitrogen and oxygen atoms in total. The van der Waals surface area contributed by atoms with Gasteiger partial charge in [-0.2, -0.15) is 0 Å². The highest BCUT2D eigenvalue weighted by Gasteiger charge is 2.47. The number of amides is 1. The van der Waals surface area contributed by atoms with Crippen molar-refractivity contribution in [2.24, 2.45) is 0 Å². The van der Waals surface area contributed by atoms with Gasteiger partial charge in [0.05, 0.1) is 0 Å². The second kappa shape index (κ2) is 5.80. The maximum absolute atomic E-state index is 12.4. The van der Waals surface area contributed by atoms with Gasteiger partial charge in [-0.1, -0.05) is 38.1 Å². The maximum atomic E-state index is 12.4. The Balaban J connectivity index is 1.75. The molecule has 1 amide bonds. The van der Waals surface area contributed by atoms with Gasteiger partial charge in [0.25, 0.3) is 0 Å². The number of carbonyl (C=O) groups is 1. The van der Waals surface area contributed by atoms with Gasteiger partial charge >= 0.3 is 0 Å². The first-order valence-electron chi connectivity index (χ1n) is 8.24. The Bertz CT molecular complexity index is 508. The zero-order valence-electron chi connectivity index (χ0n) is 13.2. The topological polar surface area (TPSA) is 32.3 Å². The van der Waals surface area contributed by atoms with E-state index in [0.717, 1.165) is 45.3 Å². The minimum Gasteiger partial charge on any atom is -0.354 e. The van der Waals surface area contributed by atoms with Crippen molar-refractivity contribution in [3.63, 3.8) is 0 Å². The van der Waals surface area contributed by atoms with Crippen LogP contribution in [0.3, 0.4) is 0 Å². The lowest BCUT2D eigenvalue weighted by atomic mass is 9.86. The summed E-state index contributed by atoms with van der Waals surface area (Å²) < 4.78 is 0. The summed E-state index contributed by atoms with van der Waals surface area (Å²) in [5.74, 6) is 0.825. The largest absolute Gasteiger partial charge is 0.354 e. The molecule has 2 saturated heterocycles. The summed E-state index contributed by atoms with van der Waals surface area (Å²) in [5.41, 5.74) is 2.47. The van der Waals surface area contributed by atoms with Crippen molar-refractivity contribution in [1.82, 2.24) is 10.2 Å². The Hall–Kier alpha value is -1.35. The van der Waals surface area contributed by atoms with Gasteiger partial charge in [0.15, 0.2) is 0 Å². The third-order valence-electron chi connectivity index (χ3n) is 5.12.